The van der Waals surface area contributed by atoms with Crippen LogP contribution in [0.2, 0.25) is 12.6 Å². The van der Waals surface area contributed by atoms with Gasteiger partial charge in [-0.05, 0) is 6.42 Å². The Morgan fingerprint density at radius 1 is 0.760 bits per heavy atom. The topological polar surface area (TPSA) is 72.9 Å². The molecule has 0 fully saturated rings. The van der Waals surface area contributed by atoms with Gasteiger partial charge in [0.15, 0.2) is 0 Å². The van der Waals surface area contributed by atoms with Crippen molar-refractivity contribution < 1.29 is 23.9 Å². The summed E-state index contributed by atoms with van der Waals surface area (Å²) in [5.41, 5.74) is 0. The van der Waals surface area contributed by atoms with E-state index in [0.29, 0.717) is 6.42 Å². The normalized spacial score (nSPS) is 10.8. The van der Waals surface area contributed by atoms with Crippen molar-refractivity contribution in [3.05, 3.63) is 0 Å². The third-order valence-corrected chi connectivity index (χ3v) is 5.40. The van der Waals surface area contributed by atoms with Crippen molar-refractivity contribution in [3.8, 4) is 0 Å². The van der Waals surface area contributed by atoms with Crippen LogP contribution >= 0.6 is 0 Å². The molecule has 0 heterocycles. The fourth-order valence-corrected chi connectivity index (χ4v) is 3.45. The van der Waals surface area contributed by atoms with Crippen LogP contribution in [0.15, 0.2) is 0 Å². The lowest BCUT2D eigenvalue weighted by Gasteiger charge is -2.20. The van der Waals surface area contributed by atoms with Crippen LogP contribution in [0.3, 0.4) is 0 Å². The predicted octanol–water partition coefficient (Wildman–Crippen LogP) is 2.31. The van der Waals surface area contributed by atoms with Crippen LogP contribution in [0.25, 0.3) is 0 Å². The van der Waals surface area contributed by atoms with Crippen molar-refractivity contribution in [2.45, 2.75) is 70.4 Å². The maximum absolute atomic E-state index is 12.2. The first-order valence-corrected chi connectivity index (χ1v) is 11.9. The van der Waals surface area contributed by atoms with Crippen molar-refractivity contribution in [1.82, 2.24) is 4.90 Å². The van der Waals surface area contributed by atoms with Gasteiger partial charge in [0, 0.05) is 15.9 Å². The zero-order valence-corrected chi connectivity index (χ0v) is 17.6. The molecule has 0 aliphatic rings. The second-order valence-electron chi connectivity index (χ2n) is 6.33. The molecule has 146 valence electrons. The summed E-state index contributed by atoms with van der Waals surface area (Å²) >= 11 is 0. The molecule has 0 aromatic carbocycles. The number of rotatable bonds is 15. The smallest absolute Gasteiger partial charge is 0.325 e. The molecule has 0 aliphatic heterocycles. The van der Waals surface area contributed by atoms with Gasteiger partial charge in [0.1, 0.15) is 13.1 Å². The fraction of sp³-hybridized carbons (Fsp3) is 0.833. The summed E-state index contributed by atoms with van der Waals surface area (Å²) in [6.45, 7) is 1.93. The van der Waals surface area contributed by atoms with Crippen molar-refractivity contribution in [2.75, 3.05) is 27.3 Å². The number of esters is 2. The Labute approximate surface area is 154 Å². The Kier molecular flexibility index (Phi) is 15.2. The first-order valence-electron chi connectivity index (χ1n) is 9.46. The molecule has 0 atom stereocenters. The molecule has 7 heteroatoms. The molecule has 0 aliphatic carbocycles. The van der Waals surface area contributed by atoms with Gasteiger partial charge in [-0.2, -0.15) is 0 Å². The first-order chi connectivity index (χ1) is 12.0. The third kappa shape index (κ3) is 13.6. The Hall–Kier alpha value is -1.37. The Bertz CT molecular complexity index is 372. The summed E-state index contributed by atoms with van der Waals surface area (Å²) in [6, 6.07) is 1.47. The second-order valence-corrected chi connectivity index (χ2v) is 8.04. The zero-order valence-electron chi connectivity index (χ0n) is 16.2. The number of nitrogens with zero attached hydrogens (tertiary/aromatic N) is 1. The molecular weight excluding hydrogens is 338 g/mol. The van der Waals surface area contributed by atoms with E-state index in [1.54, 1.807) is 0 Å². The lowest BCUT2D eigenvalue weighted by molar-refractivity contribution is -0.152. The van der Waals surface area contributed by atoms with Gasteiger partial charge in [-0.15, -0.1) is 0 Å². The molecule has 0 rings (SSSR count). The molecule has 0 radical (unpaired) electrons. The van der Waals surface area contributed by atoms with E-state index in [-0.39, 0.29) is 28.5 Å². The van der Waals surface area contributed by atoms with Crippen molar-refractivity contribution in [3.63, 3.8) is 0 Å². The molecule has 6 nitrogen and oxygen atoms in total. The van der Waals surface area contributed by atoms with E-state index >= 15 is 0 Å². The average Bonchev–Trinajstić information content (AvgIpc) is 2.62. The average molecular weight is 374 g/mol. The first kappa shape index (κ1) is 23.6. The largest absolute Gasteiger partial charge is 0.468 e. The van der Waals surface area contributed by atoms with E-state index in [4.69, 9.17) is 0 Å². The number of amides is 1. The Morgan fingerprint density at radius 2 is 1.20 bits per heavy atom. The maximum atomic E-state index is 12.2. The number of ether oxygens (including phenoxy) is 2. The summed E-state index contributed by atoms with van der Waals surface area (Å²) in [5, 5.41) is 0. The lowest BCUT2D eigenvalue weighted by Crippen LogP contribution is -2.40. The highest BCUT2D eigenvalue weighted by Gasteiger charge is 2.20. The molecule has 0 aromatic heterocycles. The molecule has 0 unspecified atom stereocenters. The highest BCUT2D eigenvalue weighted by molar-refractivity contribution is 6.33. The number of hydrogen-bond donors (Lipinski definition) is 0. The highest BCUT2D eigenvalue weighted by atomic mass is 28.2. The minimum atomic E-state index is -0.539. The van der Waals surface area contributed by atoms with E-state index in [9.17, 15) is 14.4 Å². The van der Waals surface area contributed by atoms with Crippen molar-refractivity contribution >= 4 is 27.4 Å². The summed E-state index contributed by atoms with van der Waals surface area (Å²) in [6.07, 6.45) is 9.81. The molecule has 0 bridgehead atoms. The van der Waals surface area contributed by atoms with Crippen LogP contribution in [0.4, 0.5) is 0 Å². The molecule has 0 saturated carbocycles. The van der Waals surface area contributed by atoms with Crippen LogP contribution in [0.5, 0.6) is 0 Å². The number of carbonyl (C=O) groups is 3. The molecule has 0 saturated heterocycles. The zero-order chi connectivity index (χ0) is 18.9. The number of hydrogen-bond acceptors (Lipinski definition) is 5. The Morgan fingerprint density at radius 3 is 1.64 bits per heavy atom. The van der Waals surface area contributed by atoms with Crippen molar-refractivity contribution in [1.29, 1.82) is 0 Å². The summed E-state index contributed by atoms with van der Waals surface area (Å²) in [4.78, 5) is 36.1. The second kappa shape index (κ2) is 16.1. The van der Waals surface area contributed by atoms with E-state index in [1.807, 2.05) is 0 Å². The van der Waals surface area contributed by atoms with Gasteiger partial charge in [-0.3, -0.25) is 14.4 Å². The van der Waals surface area contributed by atoms with E-state index in [0.717, 1.165) is 19.3 Å². The minimum absolute atomic E-state index is 0.209. The maximum Gasteiger partial charge on any atom is 0.325 e. The van der Waals surface area contributed by atoms with E-state index < -0.39 is 11.9 Å². The summed E-state index contributed by atoms with van der Waals surface area (Å²) < 4.78 is 9.14. The standard InChI is InChI=1S/C18H35NO5Si/c1-23-17(21)14-19(15-18(22)24-2)16(20)12-10-8-6-4-5-7-9-11-13-25-3/h4-15,25H2,1-3H3. The summed E-state index contributed by atoms with van der Waals surface area (Å²) in [5.74, 6) is -1.29. The van der Waals surface area contributed by atoms with Gasteiger partial charge in [0.25, 0.3) is 0 Å². The Balaban J connectivity index is 3.89. The number of methoxy groups -OCH3 is 2. The van der Waals surface area contributed by atoms with Crippen LogP contribution in [-0.4, -0.2) is 59.6 Å². The van der Waals surface area contributed by atoms with Crippen molar-refractivity contribution in [2.24, 2.45) is 0 Å². The van der Waals surface area contributed by atoms with Crippen LogP contribution in [-0.2, 0) is 23.9 Å². The van der Waals surface area contributed by atoms with Gasteiger partial charge in [-0.25, -0.2) is 0 Å². The lowest BCUT2D eigenvalue weighted by atomic mass is 10.1. The van der Waals surface area contributed by atoms with E-state index in [1.165, 1.54) is 57.3 Å². The molecule has 0 aromatic rings. The van der Waals surface area contributed by atoms with Crippen LogP contribution in [0.1, 0.15) is 57.8 Å². The van der Waals surface area contributed by atoms with Gasteiger partial charge in [0.05, 0.1) is 14.2 Å². The van der Waals surface area contributed by atoms with Gasteiger partial charge in [-0.1, -0.05) is 57.5 Å². The van der Waals surface area contributed by atoms with Crippen LogP contribution in [0, 0.1) is 0 Å². The van der Waals surface area contributed by atoms with Gasteiger partial charge >= 0.3 is 11.9 Å². The molecule has 1 amide bonds. The third-order valence-electron chi connectivity index (χ3n) is 4.19. The molecule has 25 heavy (non-hydrogen) atoms. The molecule has 0 spiro atoms. The highest BCUT2D eigenvalue weighted by Crippen LogP contribution is 2.11. The molecule has 0 N–H and O–H groups in total. The quantitative estimate of drug-likeness (QED) is 0.250. The summed E-state index contributed by atoms with van der Waals surface area (Å²) in [7, 11) is 2.75. The van der Waals surface area contributed by atoms with E-state index in [2.05, 4.69) is 16.0 Å². The number of carbonyl (C=O) groups excluding carboxylic acids is 3. The fourth-order valence-electron chi connectivity index (χ4n) is 2.59. The predicted molar refractivity (Wildman–Crippen MR) is 101 cm³/mol. The monoisotopic (exact) mass is 373 g/mol. The number of unbranched alkanes of at least 4 members (excludes halogenated alkanes) is 7. The van der Waals surface area contributed by atoms with Gasteiger partial charge < -0.3 is 14.4 Å². The molecular formula is C18H35NO5Si. The van der Waals surface area contributed by atoms with Gasteiger partial charge in [0.2, 0.25) is 5.91 Å². The SMILES string of the molecule is COC(=O)CN(CC(=O)OC)C(=O)CCCCCCCCCC[SiH2]C. The minimum Gasteiger partial charge on any atom is -0.468 e. The van der Waals surface area contributed by atoms with Crippen LogP contribution < -0.4 is 0 Å².